The largest absolute Gasteiger partial charge is 0.354 e. The van der Waals surface area contributed by atoms with Crippen molar-refractivity contribution < 1.29 is 0 Å². The van der Waals surface area contributed by atoms with Crippen molar-refractivity contribution in [3.05, 3.63) is 25.0 Å². The topological polar surface area (TPSA) is 68.5 Å². The van der Waals surface area contributed by atoms with Crippen LogP contribution in [0.25, 0.3) is 5.69 Å². The van der Waals surface area contributed by atoms with Crippen molar-refractivity contribution in [2.45, 2.75) is 6.92 Å². The Morgan fingerprint density at radius 1 is 1.29 bits per heavy atom. The number of nitrogens with zero attached hydrogens (tertiary/aromatic N) is 5. The molecule has 2 aromatic heterocycles. The third kappa shape index (κ3) is 1.54. The van der Waals surface area contributed by atoms with Gasteiger partial charge in [0.2, 0.25) is 5.95 Å². The molecule has 2 aromatic rings. The Labute approximate surface area is 81.0 Å². The fourth-order valence-corrected chi connectivity index (χ4v) is 1.11. The van der Waals surface area contributed by atoms with Gasteiger partial charge in [-0.15, -0.1) is 0 Å². The first kappa shape index (κ1) is 8.61. The first-order chi connectivity index (χ1) is 6.92. The Morgan fingerprint density at radius 3 is 2.79 bits per heavy atom. The average Bonchev–Trinajstić information content (AvgIpc) is 2.68. The highest BCUT2D eigenvalue weighted by Gasteiger charge is 2.04. The minimum atomic E-state index is 0.697. The predicted molar refractivity (Wildman–Crippen MR) is 51.1 cm³/mol. The van der Waals surface area contributed by atoms with E-state index in [2.05, 4.69) is 25.4 Å². The molecule has 14 heavy (non-hydrogen) atoms. The van der Waals surface area contributed by atoms with Gasteiger partial charge in [-0.2, -0.15) is 14.8 Å². The molecular weight excluding hydrogens is 180 g/mol. The summed E-state index contributed by atoms with van der Waals surface area (Å²) in [6.45, 7) is 2.80. The molecule has 0 atom stereocenters. The summed E-state index contributed by atoms with van der Waals surface area (Å²) in [6, 6.07) is 0. The van der Waals surface area contributed by atoms with Crippen molar-refractivity contribution in [1.82, 2.24) is 24.7 Å². The zero-order chi connectivity index (χ0) is 9.80. The fourth-order valence-electron chi connectivity index (χ4n) is 1.11. The van der Waals surface area contributed by atoms with E-state index in [1.54, 1.807) is 17.1 Å². The zero-order valence-corrected chi connectivity index (χ0v) is 7.75. The van der Waals surface area contributed by atoms with Crippen LogP contribution in [0.4, 0.5) is 5.95 Å². The maximum Gasteiger partial charge on any atom is 0.226 e. The van der Waals surface area contributed by atoms with Gasteiger partial charge >= 0.3 is 0 Å². The number of nitrogens with one attached hydrogen (secondary N) is 1. The minimum absolute atomic E-state index is 0.697. The molecule has 6 heteroatoms. The second kappa shape index (κ2) is 3.82. The molecule has 0 fully saturated rings. The van der Waals surface area contributed by atoms with Gasteiger partial charge < -0.3 is 5.32 Å². The van der Waals surface area contributed by atoms with Crippen molar-refractivity contribution in [2.24, 2.45) is 0 Å². The monoisotopic (exact) mass is 190 g/mol. The van der Waals surface area contributed by atoms with Crippen LogP contribution in [0.3, 0.4) is 0 Å². The van der Waals surface area contributed by atoms with Gasteiger partial charge in [0.15, 0.2) is 0 Å². The molecule has 0 saturated heterocycles. The maximum absolute atomic E-state index is 4.07. The lowest BCUT2D eigenvalue weighted by Crippen LogP contribution is -2.06. The standard InChI is InChI=1S/C8H10N6/c1-2-11-8-12-6-13-14(8)7-3-9-5-10-4-7/h3-6H,2H2,1H3,(H,11,12,13). The van der Waals surface area contributed by atoms with Crippen LogP contribution >= 0.6 is 0 Å². The Hall–Kier alpha value is -1.98. The number of rotatable bonds is 3. The van der Waals surface area contributed by atoms with Crippen molar-refractivity contribution in [1.29, 1.82) is 0 Å². The molecule has 0 saturated carbocycles. The van der Waals surface area contributed by atoms with Gasteiger partial charge in [0.05, 0.1) is 12.4 Å². The van der Waals surface area contributed by atoms with Gasteiger partial charge in [0, 0.05) is 6.54 Å². The molecule has 0 aliphatic rings. The molecule has 6 nitrogen and oxygen atoms in total. The van der Waals surface area contributed by atoms with Gasteiger partial charge in [-0.05, 0) is 6.92 Å². The molecule has 0 amide bonds. The Morgan fingerprint density at radius 2 is 2.07 bits per heavy atom. The molecule has 72 valence electrons. The highest BCUT2D eigenvalue weighted by atomic mass is 15.4. The normalized spacial score (nSPS) is 10.1. The van der Waals surface area contributed by atoms with E-state index in [9.17, 15) is 0 Å². The van der Waals surface area contributed by atoms with Crippen molar-refractivity contribution >= 4 is 5.95 Å². The molecule has 0 radical (unpaired) electrons. The van der Waals surface area contributed by atoms with Crippen LogP contribution < -0.4 is 5.32 Å². The van der Waals surface area contributed by atoms with Gasteiger partial charge in [0.25, 0.3) is 0 Å². The van der Waals surface area contributed by atoms with Crippen molar-refractivity contribution in [3.8, 4) is 5.69 Å². The van der Waals surface area contributed by atoms with Crippen LogP contribution in [0, 0.1) is 0 Å². The summed E-state index contributed by atoms with van der Waals surface area (Å²) in [7, 11) is 0. The van der Waals surface area contributed by atoms with Gasteiger partial charge in [-0.3, -0.25) is 0 Å². The fraction of sp³-hybridized carbons (Fsp3) is 0.250. The van der Waals surface area contributed by atoms with Gasteiger partial charge in [-0.1, -0.05) is 0 Å². The lowest BCUT2D eigenvalue weighted by atomic mass is 10.5. The molecule has 0 spiro atoms. The highest BCUT2D eigenvalue weighted by Crippen LogP contribution is 2.08. The van der Waals surface area contributed by atoms with E-state index >= 15 is 0 Å². The van der Waals surface area contributed by atoms with Crippen LogP contribution in [-0.4, -0.2) is 31.3 Å². The van der Waals surface area contributed by atoms with Crippen molar-refractivity contribution in [2.75, 3.05) is 11.9 Å². The molecule has 1 N–H and O–H groups in total. The predicted octanol–water partition coefficient (Wildman–Crippen LogP) is 0.489. The van der Waals surface area contributed by atoms with E-state index in [1.807, 2.05) is 6.92 Å². The summed E-state index contributed by atoms with van der Waals surface area (Å²) in [6.07, 6.45) is 6.34. The second-order valence-corrected chi connectivity index (χ2v) is 2.62. The molecule has 2 heterocycles. The lowest BCUT2D eigenvalue weighted by molar-refractivity contribution is 0.861. The van der Waals surface area contributed by atoms with E-state index in [0.717, 1.165) is 12.2 Å². The lowest BCUT2D eigenvalue weighted by Gasteiger charge is -2.04. The van der Waals surface area contributed by atoms with Crippen molar-refractivity contribution in [3.63, 3.8) is 0 Å². The van der Waals surface area contributed by atoms with E-state index in [0.29, 0.717) is 5.95 Å². The zero-order valence-electron chi connectivity index (χ0n) is 7.75. The van der Waals surface area contributed by atoms with E-state index < -0.39 is 0 Å². The molecular formula is C8H10N6. The summed E-state index contributed by atoms with van der Waals surface area (Å²) in [5.41, 5.74) is 0.793. The van der Waals surface area contributed by atoms with E-state index in [1.165, 1.54) is 12.7 Å². The maximum atomic E-state index is 4.07. The van der Waals surface area contributed by atoms with Crippen LogP contribution in [0.5, 0.6) is 0 Å². The quantitative estimate of drug-likeness (QED) is 0.762. The molecule has 0 aliphatic carbocycles. The molecule has 0 unspecified atom stereocenters. The first-order valence-corrected chi connectivity index (χ1v) is 4.31. The third-order valence-electron chi connectivity index (χ3n) is 1.67. The Bertz CT molecular complexity index is 395. The molecule has 0 aromatic carbocycles. The highest BCUT2D eigenvalue weighted by molar-refractivity contribution is 5.35. The van der Waals surface area contributed by atoms with Crippen LogP contribution in [0.15, 0.2) is 25.0 Å². The number of hydrogen-bond acceptors (Lipinski definition) is 5. The molecule has 0 aliphatic heterocycles. The third-order valence-corrected chi connectivity index (χ3v) is 1.67. The van der Waals surface area contributed by atoms with Gasteiger partial charge in [-0.25, -0.2) is 9.97 Å². The number of aromatic nitrogens is 5. The van der Waals surface area contributed by atoms with E-state index in [-0.39, 0.29) is 0 Å². The summed E-state index contributed by atoms with van der Waals surface area (Å²) in [4.78, 5) is 11.9. The number of anilines is 1. The molecule has 0 bridgehead atoms. The second-order valence-electron chi connectivity index (χ2n) is 2.62. The average molecular weight is 190 g/mol. The van der Waals surface area contributed by atoms with Crippen LogP contribution in [0.1, 0.15) is 6.92 Å². The minimum Gasteiger partial charge on any atom is -0.354 e. The Balaban J connectivity index is 2.37. The smallest absolute Gasteiger partial charge is 0.226 e. The SMILES string of the molecule is CCNc1ncnn1-c1cncnc1. The van der Waals surface area contributed by atoms with E-state index in [4.69, 9.17) is 0 Å². The molecule has 2 rings (SSSR count). The number of hydrogen-bond donors (Lipinski definition) is 1. The Kier molecular flexibility index (Phi) is 2.35. The van der Waals surface area contributed by atoms with Crippen LogP contribution in [-0.2, 0) is 0 Å². The summed E-state index contributed by atoms with van der Waals surface area (Å²) in [5.74, 6) is 0.697. The van der Waals surface area contributed by atoms with Gasteiger partial charge in [0.1, 0.15) is 18.3 Å². The van der Waals surface area contributed by atoms with Crippen LogP contribution in [0.2, 0.25) is 0 Å². The summed E-state index contributed by atoms with van der Waals surface area (Å²) < 4.78 is 1.66. The summed E-state index contributed by atoms with van der Waals surface area (Å²) >= 11 is 0. The summed E-state index contributed by atoms with van der Waals surface area (Å²) in [5, 5.41) is 7.16. The first-order valence-electron chi connectivity index (χ1n) is 4.31.